The van der Waals surface area contributed by atoms with E-state index in [0.717, 1.165) is 35.0 Å². The van der Waals surface area contributed by atoms with E-state index in [1.54, 1.807) is 6.20 Å². The lowest BCUT2D eigenvalue weighted by atomic mass is 10.2. The molecule has 0 radical (unpaired) electrons. The highest BCUT2D eigenvalue weighted by atomic mass is 32.1. The largest absolute Gasteiger partial charge is 0.494 e. The Bertz CT molecular complexity index is 859. The minimum Gasteiger partial charge on any atom is -0.494 e. The molecule has 0 saturated carbocycles. The molecule has 2 heterocycles. The van der Waals surface area contributed by atoms with Gasteiger partial charge in [0.25, 0.3) is 0 Å². The molecule has 0 aliphatic heterocycles. The van der Waals surface area contributed by atoms with Crippen LogP contribution in [0.3, 0.4) is 0 Å². The third-order valence-electron chi connectivity index (χ3n) is 3.76. The van der Waals surface area contributed by atoms with Crippen molar-refractivity contribution in [2.75, 3.05) is 25.1 Å². The van der Waals surface area contributed by atoms with Crippen molar-refractivity contribution in [3.8, 4) is 11.6 Å². The summed E-state index contributed by atoms with van der Waals surface area (Å²) in [7, 11) is 1.97. The van der Waals surface area contributed by atoms with Crippen LogP contribution in [0.15, 0.2) is 58.8 Å². The van der Waals surface area contributed by atoms with Crippen molar-refractivity contribution in [3.63, 3.8) is 0 Å². The van der Waals surface area contributed by atoms with E-state index in [1.807, 2.05) is 54.4 Å². The van der Waals surface area contributed by atoms with Crippen LogP contribution in [0.4, 0.5) is 5.82 Å². The first-order valence-corrected chi connectivity index (χ1v) is 8.72. The van der Waals surface area contributed by atoms with Gasteiger partial charge in [0.2, 0.25) is 5.88 Å². The number of benzene rings is 1. The predicted octanol–water partition coefficient (Wildman–Crippen LogP) is 2.57. The summed E-state index contributed by atoms with van der Waals surface area (Å²) in [6.45, 7) is 1.60. The normalized spacial score (nSPS) is 10.6. The summed E-state index contributed by atoms with van der Waals surface area (Å²) < 4.78 is 7.09. The molecule has 0 saturated heterocycles. The second-order valence-electron chi connectivity index (χ2n) is 5.55. The standard InChI is InChI=1S/C18H19N3O3S/c1-20(16-4-2-3-9-19-16)10-11-24-15-7-5-14(6-8-15)12-21-17(22)13-25-18(21)23/h2-9,13,22H,10-12H2,1H3. The first-order valence-electron chi connectivity index (χ1n) is 7.84. The van der Waals surface area contributed by atoms with Gasteiger partial charge in [-0.2, -0.15) is 0 Å². The van der Waals surface area contributed by atoms with Crippen molar-refractivity contribution in [1.29, 1.82) is 0 Å². The Labute approximate surface area is 149 Å². The zero-order valence-electron chi connectivity index (χ0n) is 13.8. The maximum absolute atomic E-state index is 11.6. The summed E-state index contributed by atoms with van der Waals surface area (Å²) in [5.41, 5.74) is 0.925. The van der Waals surface area contributed by atoms with E-state index in [4.69, 9.17) is 4.74 Å². The minimum absolute atomic E-state index is 0.00659. The number of hydrogen-bond acceptors (Lipinski definition) is 6. The van der Waals surface area contributed by atoms with Gasteiger partial charge in [-0.3, -0.25) is 9.36 Å². The highest BCUT2D eigenvalue weighted by Crippen LogP contribution is 2.16. The molecule has 0 bridgehead atoms. The van der Waals surface area contributed by atoms with Gasteiger partial charge in [-0.25, -0.2) is 4.98 Å². The van der Waals surface area contributed by atoms with Crippen LogP contribution in [0.1, 0.15) is 5.56 Å². The van der Waals surface area contributed by atoms with Crippen LogP contribution in [-0.2, 0) is 6.54 Å². The average Bonchev–Trinajstić information content (AvgIpc) is 2.96. The Morgan fingerprint density at radius 3 is 2.68 bits per heavy atom. The molecule has 2 aromatic heterocycles. The Morgan fingerprint density at radius 1 is 1.24 bits per heavy atom. The Balaban J connectivity index is 1.52. The van der Waals surface area contributed by atoms with Crippen LogP contribution in [-0.4, -0.2) is 34.9 Å². The third kappa shape index (κ3) is 4.39. The Hall–Kier alpha value is -2.80. The van der Waals surface area contributed by atoms with Crippen LogP contribution in [0.5, 0.6) is 11.6 Å². The lowest BCUT2D eigenvalue weighted by Crippen LogP contribution is -2.24. The zero-order chi connectivity index (χ0) is 17.6. The zero-order valence-corrected chi connectivity index (χ0v) is 14.6. The molecule has 0 aliphatic rings. The lowest BCUT2D eigenvalue weighted by molar-refractivity contribution is 0.325. The highest BCUT2D eigenvalue weighted by molar-refractivity contribution is 7.07. The second-order valence-corrected chi connectivity index (χ2v) is 6.37. The molecule has 0 unspecified atom stereocenters. The molecule has 7 heteroatoms. The van der Waals surface area contributed by atoms with Crippen LogP contribution in [0.25, 0.3) is 0 Å². The molecule has 6 nitrogen and oxygen atoms in total. The second kappa shape index (κ2) is 7.85. The fourth-order valence-corrected chi connectivity index (χ4v) is 2.96. The van der Waals surface area contributed by atoms with E-state index in [-0.39, 0.29) is 10.8 Å². The summed E-state index contributed by atoms with van der Waals surface area (Å²) in [6.07, 6.45) is 1.77. The van der Waals surface area contributed by atoms with Crippen molar-refractivity contribution in [2.24, 2.45) is 0 Å². The van der Waals surface area contributed by atoms with Crippen LogP contribution < -0.4 is 14.5 Å². The number of nitrogens with zero attached hydrogens (tertiary/aromatic N) is 3. The summed E-state index contributed by atoms with van der Waals surface area (Å²) in [5.74, 6) is 1.66. The predicted molar refractivity (Wildman–Crippen MR) is 98.8 cm³/mol. The SMILES string of the molecule is CN(CCOc1ccc(Cn2c(O)csc2=O)cc1)c1ccccn1. The maximum atomic E-state index is 11.6. The fraction of sp³-hybridized carbons (Fsp3) is 0.222. The summed E-state index contributed by atoms with van der Waals surface area (Å²) >= 11 is 0.988. The average molecular weight is 357 g/mol. The van der Waals surface area contributed by atoms with Gasteiger partial charge < -0.3 is 14.7 Å². The minimum atomic E-state index is -0.171. The number of aromatic hydroxyl groups is 1. The van der Waals surface area contributed by atoms with E-state index in [1.165, 1.54) is 9.95 Å². The molecule has 130 valence electrons. The van der Waals surface area contributed by atoms with Crippen LogP contribution in [0, 0.1) is 0 Å². The topological polar surface area (TPSA) is 67.6 Å². The lowest BCUT2D eigenvalue weighted by Gasteiger charge is -2.18. The number of aromatic nitrogens is 2. The number of likely N-dealkylation sites (N-methyl/N-ethyl adjacent to an activating group) is 1. The molecule has 1 N–H and O–H groups in total. The highest BCUT2D eigenvalue weighted by Gasteiger charge is 2.06. The number of pyridine rings is 1. The van der Waals surface area contributed by atoms with Crippen LogP contribution >= 0.6 is 11.3 Å². The van der Waals surface area contributed by atoms with Crippen molar-refractivity contribution in [2.45, 2.75) is 6.54 Å². The molecule has 0 atom stereocenters. The Kier molecular flexibility index (Phi) is 5.35. The van der Waals surface area contributed by atoms with Crippen molar-refractivity contribution in [3.05, 3.63) is 69.3 Å². The number of thiazole rings is 1. The van der Waals surface area contributed by atoms with E-state index in [9.17, 15) is 9.90 Å². The van der Waals surface area contributed by atoms with Gasteiger partial charge in [0.05, 0.1) is 18.5 Å². The molecule has 3 rings (SSSR count). The van der Waals surface area contributed by atoms with Crippen LogP contribution in [0.2, 0.25) is 0 Å². The van der Waals surface area contributed by atoms with E-state index in [2.05, 4.69) is 4.98 Å². The van der Waals surface area contributed by atoms with Crippen molar-refractivity contribution in [1.82, 2.24) is 9.55 Å². The van der Waals surface area contributed by atoms with Gasteiger partial charge in [-0.05, 0) is 29.8 Å². The van der Waals surface area contributed by atoms with Gasteiger partial charge in [0.15, 0.2) is 0 Å². The molecule has 25 heavy (non-hydrogen) atoms. The molecule has 3 aromatic rings. The van der Waals surface area contributed by atoms with Gasteiger partial charge >= 0.3 is 4.87 Å². The number of anilines is 1. The third-order valence-corrected chi connectivity index (χ3v) is 4.51. The number of ether oxygens (including phenoxy) is 1. The number of hydrogen-bond donors (Lipinski definition) is 1. The van der Waals surface area contributed by atoms with E-state index < -0.39 is 0 Å². The van der Waals surface area contributed by atoms with Gasteiger partial charge in [-0.15, -0.1) is 0 Å². The first kappa shape index (κ1) is 17.0. The smallest absolute Gasteiger partial charge is 0.310 e. The maximum Gasteiger partial charge on any atom is 0.310 e. The first-order chi connectivity index (χ1) is 12.1. The fourth-order valence-electron chi connectivity index (χ4n) is 2.34. The molecule has 0 fully saturated rings. The molecular weight excluding hydrogens is 338 g/mol. The Morgan fingerprint density at radius 2 is 2.04 bits per heavy atom. The van der Waals surface area contributed by atoms with Gasteiger partial charge in [-0.1, -0.05) is 29.5 Å². The van der Waals surface area contributed by atoms with E-state index >= 15 is 0 Å². The van der Waals surface area contributed by atoms with Crippen molar-refractivity contribution >= 4 is 17.2 Å². The molecule has 1 aromatic carbocycles. The monoisotopic (exact) mass is 357 g/mol. The molecule has 0 amide bonds. The summed E-state index contributed by atoms with van der Waals surface area (Å²) in [5, 5.41) is 11.1. The van der Waals surface area contributed by atoms with Crippen molar-refractivity contribution < 1.29 is 9.84 Å². The summed E-state index contributed by atoms with van der Waals surface area (Å²) in [6, 6.07) is 13.3. The quantitative estimate of drug-likeness (QED) is 0.704. The van der Waals surface area contributed by atoms with Gasteiger partial charge in [0, 0.05) is 13.2 Å². The molecule has 0 spiro atoms. The number of rotatable bonds is 7. The van der Waals surface area contributed by atoms with Gasteiger partial charge in [0.1, 0.15) is 18.2 Å². The molecular formula is C18H19N3O3S. The summed E-state index contributed by atoms with van der Waals surface area (Å²) in [4.78, 5) is 17.8. The molecule has 0 aliphatic carbocycles. The van der Waals surface area contributed by atoms with E-state index in [0.29, 0.717) is 13.2 Å².